The smallest absolute Gasteiger partial charge is 0.234 e. The molecule has 0 atom stereocenters. The molecule has 17 heavy (non-hydrogen) atoms. The third kappa shape index (κ3) is 3.54. The zero-order chi connectivity index (χ0) is 12.5. The van der Waals surface area contributed by atoms with Gasteiger partial charge >= 0.3 is 0 Å². The minimum absolute atomic E-state index is 0.121. The molecule has 0 saturated carbocycles. The molecule has 0 bridgehead atoms. The number of hydrogen-bond donors (Lipinski definition) is 1. The summed E-state index contributed by atoms with van der Waals surface area (Å²) in [6.45, 7) is 8.45. The van der Waals surface area contributed by atoms with Crippen molar-refractivity contribution in [3.05, 3.63) is 21.9 Å². The van der Waals surface area contributed by atoms with Crippen molar-refractivity contribution < 1.29 is 4.79 Å². The molecule has 1 aromatic heterocycles. The summed E-state index contributed by atoms with van der Waals surface area (Å²) in [7, 11) is 0. The average Bonchev–Trinajstić information content (AvgIpc) is 2.61. The van der Waals surface area contributed by atoms with Crippen LogP contribution >= 0.6 is 11.3 Å². The monoisotopic (exact) mass is 252 g/mol. The van der Waals surface area contributed by atoms with Crippen LogP contribution < -0.4 is 5.32 Å². The predicted molar refractivity (Wildman–Crippen MR) is 71.2 cm³/mol. The van der Waals surface area contributed by atoms with E-state index in [9.17, 15) is 4.79 Å². The first-order valence-corrected chi connectivity index (χ1v) is 6.90. The summed E-state index contributed by atoms with van der Waals surface area (Å²) in [5.41, 5.74) is 1.25. The molecule has 0 aromatic carbocycles. The molecular formula is C13H20N2OS. The third-order valence-electron chi connectivity index (χ3n) is 2.77. The quantitative estimate of drug-likeness (QED) is 0.873. The maximum Gasteiger partial charge on any atom is 0.234 e. The van der Waals surface area contributed by atoms with Gasteiger partial charge < -0.3 is 5.32 Å². The second-order valence-electron chi connectivity index (χ2n) is 5.63. The zero-order valence-corrected chi connectivity index (χ0v) is 11.6. The van der Waals surface area contributed by atoms with Crippen molar-refractivity contribution in [3.8, 4) is 0 Å². The maximum atomic E-state index is 11.8. The van der Waals surface area contributed by atoms with Crippen LogP contribution in [0.1, 0.15) is 31.2 Å². The Balaban J connectivity index is 1.88. The molecule has 0 aliphatic carbocycles. The summed E-state index contributed by atoms with van der Waals surface area (Å²) in [6, 6.07) is 2.17. The first kappa shape index (κ1) is 12.6. The number of carbonyl (C=O) groups excluding carboxylic acids is 1. The Labute approximate surface area is 107 Å². The van der Waals surface area contributed by atoms with E-state index in [0.717, 1.165) is 19.5 Å². The van der Waals surface area contributed by atoms with Gasteiger partial charge in [-0.05, 0) is 44.2 Å². The van der Waals surface area contributed by atoms with Gasteiger partial charge in [0.2, 0.25) is 5.91 Å². The molecule has 0 spiro atoms. The van der Waals surface area contributed by atoms with Crippen molar-refractivity contribution in [2.24, 2.45) is 0 Å². The lowest BCUT2D eigenvalue weighted by Crippen LogP contribution is -2.46. The van der Waals surface area contributed by atoms with Crippen LogP contribution in [0, 0.1) is 0 Å². The molecule has 1 amide bonds. The second-order valence-corrected chi connectivity index (χ2v) is 6.63. The van der Waals surface area contributed by atoms with Gasteiger partial charge in [-0.2, -0.15) is 0 Å². The molecule has 3 nitrogen and oxygen atoms in total. The zero-order valence-electron chi connectivity index (χ0n) is 10.7. The van der Waals surface area contributed by atoms with E-state index in [1.165, 1.54) is 10.4 Å². The fourth-order valence-corrected chi connectivity index (χ4v) is 2.99. The summed E-state index contributed by atoms with van der Waals surface area (Å²) in [5, 5.41) is 5.15. The van der Waals surface area contributed by atoms with Crippen LogP contribution in [-0.2, 0) is 17.8 Å². The lowest BCUT2D eigenvalue weighted by atomic mass is 10.1. The van der Waals surface area contributed by atoms with Gasteiger partial charge in [0.25, 0.3) is 0 Å². The van der Waals surface area contributed by atoms with E-state index in [2.05, 4.69) is 21.7 Å². The fourth-order valence-electron chi connectivity index (χ4n) is 2.10. The highest BCUT2D eigenvalue weighted by atomic mass is 32.1. The van der Waals surface area contributed by atoms with Crippen molar-refractivity contribution in [2.75, 3.05) is 13.1 Å². The molecule has 0 radical (unpaired) electrons. The van der Waals surface area contributed by atoms with Crippen LogP contribution in [0.3, 0.4) is 0 Å². The molecule has 1 N–H and O–H groups in total. The summed E-state index contributed by atoms with van der Waals surface area (Å²) < 4.78 is 0. The highest BCUT2D eigenvalue weighted by molar-refractivity contribution is 7.10. The molecule has 0 unspecified atom stereocenters. The van der Waals surface area contributed by atoms with E-state index in [4.69, 9.17) is 0 Å². The lowest BCUT2D eigenvalue weighted by Gasteiger charge is -2.28. The van der Waals surface area contributed by atoms with Gasteiger partial charge in [-0.25, -0.2) is 0 Å². The minimum Gasteiger partial charge on any atom is -0.350 e. The Hall–Kier alpha value is -0.870. The van der Waals surface area contributed by atoms with Crippen LogP contribution in [0.25, 0.3) is 0 Å². The molecule has 1 aromatic rings. The average molecular weight is 252 g/mol. The lowest BCUT2D eigenvalue weighted by molar-refractivity contribution is -0.123. The molecular weight excluding hydrogens is 232 g/mol. The van der Waals surface area contributed by atoms with Crippen LogP contribution in [0.2, 0.25) is 0 Å². The summed E-state index contributed by atoms with van der Waals surface area (Å²) in [4.78, 5) is 15.5. The van der Waals surface area contributed by atoms with Crippen LogP contribution in [-0.4, -0.2) is 29.4 Å². The van der Waals surface area contributed by atoms with Gasteiger partial charge in [-0.1, -0.05) is 0 Å². The van der Waals surface area contributed by atoms with E-state index >= 15 is 0 Å². The van der Waals surface area contributed by atoms with Gasteiger partial charge in [0.1, 0.15) is 0 Å². The molecule has 94 valence electrons. The van der Waals surface area contributed by atoms with Gasteiger partial charge in [0.05, 0.1) is 6.54 Å². The molecule has 2 rings (SSSR count). The van der Waals surface area contributed by atoms with Crippen molar-refractivity contribution in [3.63, 3.8) is 0 Å². The van der Waals surface area contributed by atoms with Gasteiger partial charge in [-0.15, -0.1) is 11.3 Å². The predicted octanol–water partition coefficient (Wildman–Crippen LogP) is 2.02. The summed E-state index contributed by atoms with van der Waals surface area (Å²) >= 11 is 1.83. The van der Waals surface area contributed by atoms with Crippen molar-refractivity contribution in [1.82, 2.24) is 10.2 Å². The number of rotatable bonds is 2. The highest BCUT2D eigenvalue weighted by Crippen LogP contribution is 2.23. The number of nitrogens with one attached hydrogen (secondary N) is 1. The maximum absolute atomic E-state index is 11.8. The number of hydrogen-bond acceptors (Lipinski definition) is 3. The van der Waals surface area contributed by atoms with Crippen LogP contribution in [0.5, 0.6) is 0 Å². The molecule has 4 heteroatoms. The number of fused-ring (bicyclic) bond motifs is 1. The van der Waals surface area contributed by atoms with E-state index in [0.29, 0.717) is 6.54 Å². The van der Waals surface area contributed by atoms with Gasteiger partial charge in [-0.3, -0.25) is 9.69 Å². The normalized spacial score (nSPS) is 16.6. The minimum atomic E-state index is -0.138. The summed E-state index contributed by atoms with van der Waals surface area (Å²) in [5.74, 6) is 0.121. The van der Waals surface area contributed by atoms with Crippen molar-refractivity contribution >= 4 is 17.2 Å². The Bertz CT molecular complexity index is 406. The van der Waals surface area contributed by atoms with Crippen LogP contribution in [0.4, 0.5) is 0 Å². The van der Waals surface area contributed by atoms with Crippen molar-refractivity contribution in [1.29, 1.82) is 0 Å². The Morgan fingerprint density at radius 3 is 3.00 bits per heavy atom. The molecule has 0 fully saturated rings. The van der Waals surface area contributed by atoms with E-state index < -0.39 is 0 Å². The number of carbonyl (C=O) groups is 1. The topological polar surface area (TPSA) is 32.3 Å². The second kappa shape index (κ2) is 4.78. The van der Waals surface area contributed by atoms with Gasteiger partial charge in [0, 0.05) is 23.5 Å². The molecule has 1 aliphatic heterocycles. The van der Waals surface area contributed by atoms with E-state index in [-0.39, 0.29) is 11.4 Å². The van der Waals surface area contributed by atoms with E-state index in [1.807, 2.05) is 32.1 Å². The molecule has 0 saturated heterocycles. The highest BCUT2D eigenvalue weighted by Gasteiger charge is 2.21. The first-order chi connectivity index (χ1) is 7.94. The Morgan fingerprint density at radius 1 is 1.53 bits per heavy atom. The Kier molecular flexibility index (Phi) is 3.54. The van der Waals surface area contributed by atoms with Crippen LogP contribution in [0.15, 0.2) is 11.4 Å². The Morgan fingerprint density at radius 2 is 2.29 bits per heavy atom. The van der Waals surface area contributed by atoms with E-state index in [1.54, 1.807) is 0 Å². The SMILES string of the molecule is CC(C)(C)NC(=O)CN1CCc2sccc2C1. The number of nitrogens with zero attached hydrogens (tertiary/aromatic N) is 1. The standard InChI is InChI=1S/C13H20N2OS/c1-13(2,3)14-12(16)9-15-6-4-11-10(8-15)5-7-17-11/h5,7H,4,6,8-9H2,1-3H3,(H,14,16). The third-order valence-corrected chi connectivity index (χ3v) is 3.79. The number of thiophene rings is 1. The number of amides is 1. The van der Waals surface area contributed by atoms with Gasteiger partial charge in [0.15, 0.2) is 0 Å². The first-order valence-electron chi connectivity index (χ1n) is 6.03. The fraction of sp³-hybridized carbons (Fsp3) is 0.615. The molecule has 2 heterocycles. The van der Waals surface area contributed by atoms with Crippen molar-refractivity contribution in [2.45, 2.75) is 39.3 Å². The summed E-state index contributed by atoms with van der Waals surface area (Å²) in [6.07, 6.45) is 1.08. The molecule has 1 aliphatic rings. The largest absolute Gasteiger partial charge is 0.350 e.